The molecule has 0 radical (unpaired) electrons. The summed E-state index contributed by atoms with van der Waals surface area (Å²) in [4.78, 5) is 0. The fraction of sp³-hybridized carbons (Fsp3) is 0.290. The first kappa shape index (κ1) is 26.2. The Balaban J connectivity index is 0.000000409. The van der Waals surface area contributed by atoms with E-state index in [0.717, 1.165) is 6.42 Å². The summed E-state index contributed by atoms with van der Waals surface area (Å²) < 4.78 is 0. The highest BCUT2D eigenvalue weighted by Gasteiger charge is 2.11. The molecule has 3 aromatic carbocycles. The van der Waals surface area contributed by atoms with Gasteiger partial charge < -0.3 is 0 Å². The summed E-state index contributed by atoms with van der Waals surface area (Å²) in [6.07, 6.45) is 13.4. The zero-order valence-electron chi connectivity index (χ0n) is 20.5. The first-order valence-electron chi connectivity index (χ1n) is 11.6. The van der Waals surface area contributed by atoms with Crippen LogP contribution in [0.25, 0.3) is 27.6 Å². The first-order valence-corrected chi connectivity index (χ1v) is 11.6. The van der Waals surface area contributed by atoms with Crippen LogP contribution >= 0.6 is 0 Å². The molecular formula is C31H40. The summed E-state index contributed by atoms with van der Waals surface area (Å²) in [6.45, 7) is 20.1. The second kappa shape index (κ2) is 14.2. The zero-order chi connectivity index (χ0) is 23.2. The van der Waals surface area contributed by atoms with E-state index < -0.39 is 0 Å². The smallest absolute Gasteiger partial charge is 0.00991 e. The number of rotatable bonds is 6. The van der Waals surface area contributed by atoms with Crippen molar-refractivity contribution in [3.63, 3.8) is 0 Å². The number of hydrogen-bond donors (Lipinski definition) is 0. The number of aryl methyl sites for hydroxylation is 2. The van der Waals surface area contributed by atoms with Crippen molar-refractivity contribution < 1.29 is 0 Å². The minimum Gasteiger partial charge on any atom is -0.0991 e. The molecule has 0 amide bonds. The van der Waals surface area contributed by atoms with E-state index in [0.29, 0.717) is 0 Å². The molecule has 0 spiro atoms. The molecule has 0 bridgehead atoms. The molecule has 0 saturated heterocycles. The maximum atomic E-state index is 4.07. The van der Waals surface area contributed by atoms with Gasteiger partial charge >= 0.3 is 0 Å². The van der Waals surface area contributed by atoms with Crippen LogP contribution in [0.2, 0.25) is 0 Å². The van der Waals surface area contributed by atoms with E-state index in [1.807, 2.05) is 52.0 Å². The monoisotopic (exact) mass is 412 g/mol. The standard InChI is InChI=1S/C21H22.C8H12.C2H6/c1-4-6-9-17-16(5-2)18-10-7-8-11-19(18)21-14-15(3)12-13-20(17)21;1-4-6-8(3)7-5-2;1-2/h5,7-8,10-14H,2,4,6,9H2,1,3H3;4-7H,1H2,2-3H3;1-2H3/b;7-5-,8-6-;. The van der Waals surface area contributed by atoms with Gasteiger partial charge in [0.1, 0.15) is 0 Å². The van der Waals surface area contributed by atoms with Crippen molar-refractivity contribution in [2.75, 3.05) is 0 Å². The van der Waals surface area contributed by atoms with Crippen LogP contribution < -0.4 is 0 Å². The van der Waals surface area contributed by atoms with Gasteiger partial charge in [0, 0.05) is 0 Å². The summed E-state index contributed by atoms with van der Waals surface area (Å²) in [5.41, 5.74) is 5.33. The molecule has 0 fully saturated rings. The number of hydrogen-bond acceptors (Lipinski definition) is 0. The molecule has 31 heavy (non-hydrogen) atoms. The molecule has 3 rings (SSSR count). The Hall–Kier alpha value is -2.86. The van der Waals surface area contributed by atoms with E-state index in [9.17, 15) is 0 Å². The lowest BCUT2D eigenvalue weighted by molar-refractivity contribution is 0.798. The Bertz CT molecular complexity index is 1040. The normalized spacial score (nSPS) is 11.0. The van der Waals surface area contributed by atoms with E-state index >= 15 is 0 Å². The molecule has 164 valence electrons. The molecule has 0 unspecified atom stereocenters. The molecule has 0 aliphatic heterocycles. The average Bonchev–Trinajstić information content (AvgIpc) is 2.79. The topological polar surface area (TPSA) is 0 Å². The molecule has 0 aliphatic rings. The number of fused-ring (bicyclic) bond motifs is 3. The van der Waals surface area contributed by atoms with Gasteiger partial charge in [0.25, 0.3) is 0 Å². The minimum atomic E-state index is 1.13. The Morgan fingerprint density at radius 3 is 2.19 bits per heavy atom. The second-order valence-electron chi connectivity index (χ2n) is 7.44. The van der Waals surface area contributed by atoms with Gasteiger partial charge in [-0.1, -0.05) is 124 Å². The Kier molecular flexibility index (Phi) is 12.0. The fourth-order valence-corrected chi connectivity index (χ4v) is 3.76. The molecule has 0 N–H and O–H groups in total. The lowest BCUT2D eigenvalue weighted by Crippen LogP contribution is -1.95. The SMILES string of the molecule is C=C/C=C(C)\C=C/C.C=Cc1c(CCCC)c2ccc(C)cc2c2ccccc12.CC. The van der Waals surface area contributed by atoms with Crippen molar-refractivity contribution in [1.82, 2.24) is 0 Å². The van der Waals surface area contributed by atoms with Gasteiger partial charge in [-0.25, -0.2) is 0 Å². The maximum absolute atomic E-state index is 4.07. The van der Waals surface area contributed by atoms with Crippen molar-refractivity contribution in [3.8, 4) is 0 Å². The minimum absolute atomic E-state index is 1.13. The molecule has 0 saturated carbocycles. The van der Waals surface area contributed by atoms with Gasteiger partial charge in [0.05, 0.1) is 0 Å². The summed E-state index contributed by atoms with van der Waals surface area (Å²) >= 11 is 0. The highest BCUT2D eigenvalue weighted by molar-refractivity contribution is 6.12. The molecule has 3 aromatic rings. The first-order chi connectivity index (χ1) is 15.1. The zero-order valence-corrected chi connectivity index (χ0v) is 20.5. The van der Waals surface area contributed by atoms with Crippen LogP contribution in [0.15, 0.2) is 85.5 Å². The molecule has 0 atom stereocenters. The largest absolute Gasteiger partial charge is 0.0991 e. The lowest BCUT2D eigenvalue weighted by Gasteiger charge is -2.15. The predicted octanol–water partition coefficient (Wildman–Crippen LogP) is 10.0. The van der Waals surface area contributed by atoms with Crippen molar-refractivity contribution in [2.24, 2.45) is 0 Å². The number of allylic oxidation sites excluding steroid dienone is 5. The van der Waals surface area contributed by atoms with Crippen LogP contribution in [0, 0.1) is 6.92 Å². The quantitative estimate of drug-likeness (QED) is 0.279. The van der Waals surface area contributed by atoms with Gasteiger partial charge in [-0.3, -0.25) is 0 Å². The summed E-state index contributed by atoms with van der Waals surface area (Å²) in [6, 6.07) is 15.5. The third-order valence-corrected chi connectivity index (χ3v) is 5.13. The third kappa shape index (κ3) is 7.10. The summed E-state index contributed by atoms with van der Waals surface area (Å²) in [7, 11) is 0. The van der Waals surface area contributed by atoms with Crippen molar-refractivity contribution in [3.05, 3.63) is 102 Å². The average molecular weight is 413 g/mol. The van der Waals surface area contributed by atoms with Crippen LogP contribution in [-0.4, -0.2) is 0 Å². The van der Waals surface area contributed by atoms with Crippen molar-refractivity contribution in [1.29, 1.82) is 0 Å². The number of unbranched alkanes of at least 4 members (excludes halogenated alkanes) is 1. The van der Waals surface area contributed by atoms with Crippen LogP contribution in [0.1, 0.15) is 64.2 Å². The Labute approximate surface area is 190 Å². The van der Waals surface area contributed by atoms with Crippen LogP contribution in [0.4, 0.5) is 0 Å². The Morgan fingerprint density at radius 1 is 0.935 bits per heavy atom. The molecular weight excluding hydrogens is 372 g/mol. The van der Waals surface area contributed by atoms with Gasteiger partial charge in [0.2, 0.25) is 0 Å². The second-order valence-corrected chi connectivity index (χ2v) is 7.44. The third-order valence-electron chi connectivity index (χ3n) is 5.13. The molecule has 0 aliphatic carbocycles. The van der Waals surface area contributed by atoms with Gasteiger partial charge in [0.15, 0.2) is 0 Å². The summed E-state index contributed by atoms with van der Waals surface area (Å²) in [5, 5.41) is 5.44. The van der Waals surface area contributed by atoms with Gasteiger partial charge in [-0.2, -0.15) is 0 Å². The highest BCUT2D eigenvalue weighted by Crippen LogP contribution is 2.35. The van der Waals surface area contributed by atoms with Crippen molar-refractivity contribution >= 4 is 27.6 Å². The van der Waals surface area contributed by atoms with Crippen LogP contribution in [0.5, 0.6) is 0 Å². The Morgan fingerprint density at radius 2 is 1.61 bits per heavy atom. The lowest BCUT2D eigenvalue weighted by atomic mass is 9.88. The highest BCUT2D eigenvalue weighted by atomic mass is 14.2. The fourth-order valence-electron chi connectivity index (χ4n) is 3.76. The van der Waals surface area contributed by atoms with E-state index in [2.05, 4.69) is 69.5 Å². The molecule has 0 heteroatoms. The van der Waals surface area contributed by atoms with Crippen LogP contribution in [0.3, 0.4) is 0 Å². The van der Waals surface area contributed by atoms with Gasteiger partial charge in [-0.15, -0.1) is 0 Å². The summed E-state index contributed by atoms with van der Waals surface area (Å²) in [5.74, 6) is 0. The van der Waals surface area contributed by atoms with E-state index in [1.54, 1.807) is 6.08 Å². The predicted molar refractivity (Wildman–Crippen MR) is 145 cm³/mol. The molecule has 0 nitrogen and oxygen atoms in total. The van der Waals surface area contributed by atoms with E-state index in [-0.39, 0.29) is 0 Å². The molecule has 0 aromatic heterocycles. The van der Waals surface area contributed by atoms with Crippen molar-refractivity contribution in [2.45, 2.75) is 60.8 Å². The van der Waals surface area contributed by atoms with Gasteiger partial charge in [-0.05, 0) is 66.3 Å². The maximum Gasteiger partial charge on any atom is -0.00991 e. The van der Waals surface area contributed by atoms with Crippen LogP contribution in [-0.2, 0) is 6.42 Å². The van der Waals surface area contributed by atoms with E-state index in [4.69, 9.17) is 0 Å². The number of benzene rings is 3. The molecule has 0 heterocycles. The van der Waals surface area contributed by atoms with E-state index in [1.165, 1.54) is 56.6 Å².